The fourth-order valence-corrected chi connectivity index (χ4v) is 4.01. The fraction of sp³-hybridized carbons (Fsp3) is 0.273. The predicted molar refractivity (Wildman–Crippen MR) is 111 cm³/mol. The Morgan fingerprint density at radius 2 is 2.00 bits per heavy atom. The average Bonchev–Trinajstić information content (AvgIpc) is 3.09. The third kappa shape index (κ3) is 2.88. The predicted octanol–water partition coefficient (Wildman–Crippen LogP) is 2.54. The molecule has 0 saturated carbocycles. The molecule has 1 aromatic carbocycles. The standard InChI is InChI=1S/C22H20N4O4/c1-22(2)8-13-14(10-29-22)17(12-6-4-3-5-7-12)25-20-16(13)18-19(30-20)21(28)26(11-24-18)9-15(23)27/h3-7,11H,8-10H2,1-2H3,(H2,23,27). The normalized spacial score (nSPS) is 15.4. The van der Waals surface area contributed by atoms with Gasteiger partial charge in [-0.15, -0.1) is 0 Å². The van der Waals surface area contributed by atoms with Gasteiger partial charge in [0, 0.05) is 17.5 Å². The molecule has 8 heteroatoms. The van der Waals surface area contributed by atoms with Crippen LogP contribution in [-0.2, 0) is 29.1 Å². The Balaban J connectivity index is 1.86. The van der Waals surface area contributed by atoms with Crippen LogP contribution in [0.5, 0.6) is 0 Å². The van der Waals surface area contributed by atoms with Crippen LogP contribution in [0, 0.1) is 0 Å². The van der Waals surface area contributed by atoms with Gasteiger partial charge in [-0.2, -0.15) is 0 Å². The Labute approximate surface area is 171 Å². The van der Waals surface area contributed by atoms with E-state index in [2.05, 4.69) is 4.98 Å². The maximum atomic E-state index is 12.9. The van der Waals surface area contributed by atoms with E-state index in [4.69, 9.17) is 19.9 Å². The van der Waals surface area contributed by atoms with Crippen molar-refractivity contribution in [3.05, 3.63) is 58.1 Å². The van der Waals surface area contributed by atoms with E-state index < -0.39 is 11.5 Å². The molecule has 0 spiro atoms. The zero-order valence-corrected chi connectivity index (χ0v) is 16.6. The fourth-order valence-electron chi connectivity index (χ4n) is 4.01. The number of hydrogen-bond acceptors (Lipinski definition) is 6. The van der Waals surface area contributed by atoms with E-state index in [1.165, 1.54) is 6.33 Å². The van der Waals surface area contributed by atoms with Crippen LogP contribution in [0.4, 0.5) is 0 Å². The van der Waals surface area contributed by atoms with Gasteiger partial charge in [0.2, 0.25) is 17.2 Å². The Bertz CT molecular complexity index is 1370. The van der Waals surface area contributed by atoms with Crippen LogP contribution < -0.4 is 11.3 Å². The Kier molecular flexibility index (Phi) is 4.01. The van der Waals surface area contributed by atoms with Crippen molar-refractivity contribution in [1.82, 2.24) is 14.5 Å². The summed E-state index contributed by atoms with van der Waals surface area (Å²) in [7, 11) is 0. The number of aromatic nitrogens is 3. The van der Waals surface area contributed by atoms with Crippen LogP contribution in [0.25, 0.3) is 33.5 Å². The molecule has 1 aliphatic rings. The highest BCUT2D eigenvalue weighted by Gasteiger charge is 2.32. The Hall–Kier alpha value is -3.52. The number of furan rings is 1. The van der Waals surface area contributed by atoms with Gasteiger partial charge in [0.05, 0.1) is 29.6 Å². The number of nitrogens with zero attached hydrogens (tertiary/aromatic N) is 3. The van der Waals surface area contributed by atoms with Crippen molar-refractivity contribution < 1.29 is 13.9 Å². The topological polar surface area (TPSA) is 113 Å². The number of pyridine rings is 1. The van der Waals surface area contributed by atoms with Crippen LogP contribution in [0.2, 0.25) is 0 Å². The number of fused-ring (bicyclic) bond motifs is 5. The van der Waals surface area contributed by atoms with E-state index in [1.54, 1.807) is 0 Å². The molecule has 30 heavy (non-hydrogen) atoms. The molecule has 0 aliphatic carbocycles. The summed E-state index contributed by atoms with van der Waals surface area (Å²) in [4.78, 5) is 33.3. The molecule has 0 atom stereocenters. The number of nitrogens with two attached hydrogens (primary N) is 1. The third-order valence-electron chi connectivity index (χ3n) is 5.39. The van der Waals surface area contributed by atoms with E-state index in [1.807, 2.05) is 44.2 Å². The van der Waals surface area contributed by atoms with E-state index in [0.717, 1.165) is 32.3 Å². The minimum absolute atomic E-state index is 0.0676. The number of carbonyl (C=O) groups is 1. The quantitative estimate of drug-likeness (QED) is 0.561. The highest BCUT2D eigenvalue weighted by molar-refractivity contribution is 6.04. The van der Waals surface area contributed by atoms with Crippen molar-refractivity contribution in [2.75, 3.05) is 0 Å². The first-order valence-electron chi connectivity index (χ1n) is 9.65. The lowest BCUT2D eigenvalue weighted by Gasteiger charge is -2.33. The number of rotatable bonds is 3. The van der Waals surface area contributed by atoms with Crippen molar-refractivity contribution in [3.63, 3.8) is 0 Å². The van der Waals surface area contributed by atoms with Crippen molar-refractivity contribution in [3.8, 4) is 11.3 Å². The summed E-state index contributed by atoms with van der Waals surface area (Å²) >= 11 is 0. The zero-order valence-electron chi connectivity index (χ0n) is 16.6. The van der Waals surface area contributed by atoms with Crippen molar-refractivity contribution >= 4 is 28.1 Å². The van der Waals surface area contributed by atoms with Crippen molar-refractivity contribution in [1.29, 1.82) is 0 Å². The lowest BCUT2D eigenvalue weighted by Crippen LogP contribution is -2.32. The van der Waals surface area contributed by atoms with Crippen LogP contribution in [0.1, 0.15) is 25.0 Å². The molecule has 152 valence electrons. The van der Waals surface area contributed by atoms with Crippen molar-refractivity contribution in [2.45, 2.75) is 39.0 Å². The molecule has 0 unspecified atom stereocenters. The van der Waals surface area contributed by atoms with Gasteiger partial charge in [-0.3, -0.25) is 14.2 Å². The first-order chi connectivity index (χ1) is 14.3. The summed E-state index contributed by atoms with van der Waals surface area (Å²) in [6, 6.07) is 9.80. The van der Waals surface area contributed by atoms with Crippen LogP contribution in [0.3, 0.4) is 0 Å². The van der Waals surface area contributed by atoms with E-state index in [9.17, 15) is 9.59 Å². The van der Waals surface area contributed by atoms with E-state index >= 15 is 0 Å². The molecule has 3 aromatic heterocycles. The number of primary amides is 1. The minimum Gasteiger partial charge on any atom is -0.430 e. The first-order valence-corrected chi connectivity index (χ1v) is 9.65. The second kappa shape index (κ2) is 6.50. The highest BCUT2D eigenvalue weighted by atomic mass is 16.5. The third-order valence-corrected chi connectivity index (χ3v) is 5.39. The molecular formula is C22H20N4O4. The molecular weight excluding hydrogens is 384 g/mol. The van der Waals surface area contributed by atoms with Crippen LogP contribution in [0.15, 0.2) is 45.9 Å². The summed E-state index contributed by atoms with van der Waals surface area (Å²) in [6.45, 7) is 4.20. The number of amides is 1. The highest BCUT2D eigenvalue weighted by Crippen LogP contribution is 2.40. The number of hydrogen-bond donors (Lipinski definition) is 1. The van der Waals surface area contributed by atoms with Gasteiger partial charge >= 0.3 is 0 Å². The number of benzene rings is 1. The zero-order chi connectivity index (χ0) is 21.0. The molecule has 0 saturated heterocycles. The summed E-state index contributed by atoms with van der Waals surface area (Å²) in [6.07, 6.45) is 1.95. The van der Waals surface area contributed by atoms with Crippen LogP contribution in [-0.4, -0.2) is 26.0 Å². The summed E-state index contributed by atoms with van der Waals surface area (Å²) < 4.78 is 13.1. The average molecular weight is 404 g/mol. The summed E-state index contributed by atoms with van der Waals surface area (Å²) in [5.74, 6) is -0.630. The number of carbonyl (C=O) groups excluding carboxylic acids is 1. The second-order valence-electron chi connectivity index (χ2n) is 8.11. The van der Waals surface area contributed by atoms with Gasteiger partial charge in [-0.25, -0.2) is 9.97 Å². The molecule has 1 amide bonds. The monoisotopic (exact) mass is 404 g/mol. The van der Waals surface area contributed by atoms with Gasteiger partial charge in [0.15, 0.2) is 0 Å². The molecule has 4 heterocycles. The molecule has 0 fully saturated rings. The lowest BCUT2D eigenvalue weighted by molar-refractivity contribution is -0.118. The SMILES string of the molecule is CC1(C)Cc2c(c(-c3ccccc3)nc3oc4c(=O)n(CC(N)=O)cnc4c23)CO1. The van der Waals surface area contributed by atoms with E-state index in [-0.39, 0.29) is 17.7 Å². The Morgan fingerprint density at radius 1 is 1.23 bits per heavy atom. The van der Waals surface area contributed by atoms with Gasteiger partial charge in [-0.05, 0) is 19.4 Å². The maximum Gasteiger partial charge on any atom is 0.297 e. The molecule has 0 radical (unpaired) electrons. The maximum absolute atomic E-state index is 12.9. The molecule has 2 N–H and O–H groups in total. The molecule has 4 aromatic rings. The van der Waals surface area contributed by atoms with Gasteiger partial charge in [0.1, 0.15) is 12.1 Å². The minimum atomic E-state index is -0.630. The molecule has 8 nitrogen and oxygen atoms in total. The van der Waals surface area contributed by atoms with Crippen molar-refractivity contribution in [2.24, 2.45) is 5.73 Å². The molecule has 5 rings (SSSR count). The first kappa shape index (κ1) is 18.5. The summed E-state index contributed by atoms with van der Waals surface area (Å²) in [5, 5.41) is 0.722. The largest absolute Gasteiger partial charge is 0.430 e. The number of ether oxygens (including phenoxy) is 1. The molecule has 1 aliphatic heterocycles. The summed E-state index contributed by atoms with van der Waals surface area (Å²) in [5.41, 5.74) is 8.96. The molecule has 0 bridgehead atoms. The van der Waals surface area contributed by atoms with Crippen LogP contribution >= 0.6 is 0 Å². The second-order valence-corrected chi connectivity index (χ2v) is 8.11. The van der Waals surface area contributed by atoms with Gasteiger partial charge in [0.25, 0.3) is 5.56 Å². The lowest BCUT2D eigenvalue weighted by atomic mass is 9.88. The van der Waals surface area contributed by atoms with Gasteiger partial charge < -0.3 is 14.9 Å². The smallest absolute Gasteiger partial charge is 0.297 e. The van der Waals surface area contributed by atoms with E-state index in [0.29, 0.717) is 24.3 Å². The Morgan fingerprint density at radius 3 is 2.73 bits per heavy atom. The van der Waals surface area contributed by atoms with Gasteiger partial charge in [-0.1, -0.05) is 30.3 Å².